The number of furan rings is 2. The quantitative estimate of drug-likeness (QED) is 0.441. The highest BCUT2D eigenvalue weighted by Crippen LogP contribution is 2.30. The molecular weight excluding hydrogens is 416 g/mol. The lowest BCUT2D eigenvalue weighted by molar-refractivity contribution is -0.116. The minimum atomic E-state index is -0.110. The van der Waals surface area contributed by atoms with Crippen LogP contribution in [0.5, 0.6) is 0 Å². The zero-order chi connectivity index (χ0) is 22.6. The van der Waals surface area contributed by atoms with Gasteiger partial charge in [-0.15, -0.1) is 0 Å². The Morgan fingerprint density at radius 2 is 1.79 bits per heavy atom. The average Bonchev–Trinajstić information content (AvgIpc) is 3.53. The standard InChI is InChI=1S/C27H24N2O4/c30-26(13-8-19-5-2-1-3-6-19)28-22-11-9-20(10-12-22)25-17-21-18-29(15-14-23(21)33-25)27(31)24-7-4-16-32-24/h1-7,9-12,16-17H,8,13-15,18H2,(H,28,30). The van der Waals surface area contributed by atoms with Gasteiger partial charge in [0.1, 0.15) is 11.5 Å². The van der Waals surface area contributed by atoms with Gasteiger partial charge in [0.25, 0.3) is 5.91 Å². The number of anilines is 1. The highest BCUT2D eigenvalue weighted by molar-refractivity contribution is 5.92. The van der Waals surface area contributed by atoms with Crippen LogP contribution in [0.3, 0.4) is 0 Å². The lowest BCUT2D eigenvalue weighted by Gasteiger charge is -2.25. The van der Waals surface area contributed by atoms with E-state index in [2.05, 4.69) is 5.32 Å². The van der Waals surface area contributed by atoms with Crippen LogP contribution in [0.25, 0.3) is 11.3 Å². The summed E-state index contributed by atoms with van der Waals surface area (Å²) < 4.78 is 11.3. The highest BCUT2D eigenvalue weighted by Gasteiger charge is 2.26. The number of hydrogen-bond acceptors (Lipinski definition) is 4. The Morgan fingerprint density at radius 3 is 2.55 bits per heavy atom. The molecule has 4 aromatic rings. The Morgan fingerprint density at radius 1 is 0.970 bits per heavy atom. The third-order valence-corrected chi connectivity index (χ3v) is 5.82. The molecule has 1 N–H and O–H groups in total. The number of carbonyl (C=O) groups is 2. The van der Waals surface area contributed by atoms with E-state index < -0.39 is 0 Å². The molecule has 1 aliphatic heterocycles. The maximum absolute atomic E-state index is 12.6. The molecule has 2 aromatic carbocycles. The molecule has 33 heavy (non-hydrogen) atoms. The van der Waals surface area contributed by atoms with Crippen LogP contribution in [0.15, 0.2) is 87.9 Å². The molecule has 6 heteroatoms. The third kappa shape index (κ3) is 4.75. The molecule has 0 unspecified atom stereocenters. The molecule has 0 spiro atoms. The Kier molecular flexibility index (Phi) is 5.81. The van der Waals surface area contributed by atoms with E-state index in [1.54, 1.807) is 17.0 Å². The summed E-state index contributed by atoms with van der Waals surface area (Å²) in [4.78, 5) is 26.6. The van der Waals surface area contributed by atoms with Crippen molar-refractivity contribution in [2.24, 2.45) is 0 Å². The van der Waals surface area contributed by atoms with E-state index >= 15 is 0 Å². The first kappa shape index (κ1) is 20.8. The van der Waals surface area contributed by atoms with Crippen molar-refractivity contribution < 1.29 is 18.4 Å². The highest BCUT2D eigenvalue weighted by atomic mass is 16.3. The molecule has 0 saturated heterocycles. The zero-order valence-corrected chi connectivity index (χ0v) is 18.1. The van der Waals surface area contributed by atoms with Gasteiger partial charge < -0.3 is 19.1 Å². The fraction of sp³-hybridized carbons (Fsp3) is 0.185. The predicted molar refractivity (Wildman–Crippen MR) is 125 cm³/mol. The molecule has 0 radical (unpaired) electrons. The Bertz CT molecular complexity index is 1240. The lowest BCUT2D eigenvalue weighted by Crippen LogP contribution is -2.35. The Hall–Kier alpha value is -4.06. The summed E-state index contributed by atoms with van der Waals surface area (Å²) in [5.74, 6) is 1.90. The van der Waals surface area contributed by atoms with Crippen LogP contribution >= 0.6 is 0 Å². The van der Waals surface area contributed by atoms with Crippen molar-refractivity contribution in [3.8, 4) is 11.3 Å². The van der Waals surface area contributed by atoms with Gasteiger partial charge in [0.05, 0.1) is 6.26 Å². The van der Waals surface area contributed by atoms with Crippen molar-refractivity contribution in [1.82, 2.24) is 4.90 Å². The number of amides is 2. The van der Waals surface area contributed by atoms with Gasteiger partial charge in [0, 0.05) is 42.7 Å². The van der Waals surface area contributed by atoms with E-state index in [9.17, 15) is 9.59 Å². The zero-order valence-electron chi connectivity index (χ0n) is 18.1. The molecule has 0 fully saturated rings. The lowest BCUT2D eigenvalue weighted by atomic mass is 10.1. The smallest absolute Gasteiger partial charge is 0.289 e. The molecule has 2 aromatic heterocycles. The number of hydrogen-bond donors (Lipinski definition) is 1. The molecule has 0 atom stereocenters. The second-order valence-corrected chi connectivity index (χ2v) is 8.12. The summed E-state index contributed by atoms with van der Waals surface area (Å²) in [5.41, 5.74) is 3.84. The second kappa shape index (κ2) is 9.20. The van der Waals surface area contributed by atoms with E-state index in [-0.39, 0.29) is 11.8 Å². The van der Waals surface area contributed by atoms with Crippen LogP contribution in [0.2, 0.25) is 0 Å². The van der Waals surface area contributed by atoms with E-state index in [0.717, 1.165) is 33.9 Å². The van der Waals surface area contributed by atoms with Crippen LogP contribution < -0.4 is 5.32 Å². The summed E-state index contributed by atoms with van der Waals surface area (Å²) in [5, 5.41) is 2.95. The predicted octanol–water partition coefficient (Wildman–Crippen LogP) is 5.31. The van der Waals surface area contributed by atoms with Crippen molar-refractivity contribution in [3.05, 3.63) is 102 Å². The van der Waals surface area contributed by atoms with Crippen molar-refractivity contribution in [3.63, 3.8) is 0 Å². The molecule has 1 aliphatic rings. The summed E-state index contributed by atoms with van der Waals surface area (Å²) >= 11 is 0. The number of nitrogens with one attached hydrogen (secondary N) is 1. The molecule has 5 rings (SSSR count). The van der Waals surface area contributed by atoms with Gasteiger partial charge in [0.2, 0.25) is 5.91 Å². The summed E-state index contributed by atoms with van der Waals surface area (Å²) in [6.45, 7) is 1.08. The topological polar surface area (TPSA) is 75.7 Å². The number of aryl methyl sites for hydroxylation is 1. The van der Waals surface area contributed by atoms with Crippen LogP contribution in [-0.4, -0.2) is 23.3 Å². The van der Waals surface area contributed by atoms with E-state index in [4.69, 9.17) is 8.83 Å². The van der Waals surface area contributed by atoms with Crippen molar-refractivity contribution in [2.45, 2.75) is 25.8 Å². The third-order valence-electron chi connectivity index (χ3n) is 5.82. The van der Waals surface area contributed by atoms with Crippen molar-refractivity contribution in [2.75, 3.05) is 11.9 Å². The number of rotatable bonds is 6. The first-order chi connectivity index (χ1) is 16.2. The monoisotopic (exact) mass is 440 g/mol. The minimum absolute atomic E-state index is 0.0126. The first-order valence-electron chi connectivity index (χ1n) is 11.0. The number of fused-ring (bicyclic) bond motifs is 1. The molecule has 3 heterocycles. The van der Waals surface area contributed by atoms with Crippen LogP contribution in [-0.2, 0) is 24.2 Å². The average molecular weight is 440 g/mol. The Balaban J connectivity index is 1.20. The largest absolute Gasteiger partial charge is 0.461 e. The Labute approximate surface area is 191 Å². The number of carbonyl (C=O) groups excluding carboxylic acids is 2. The molecule has 0 aliphatic carbocycles. The first-order valence-corrected chi connectivity index (χ1v) is 11.0. The van der Waals surface area contributed by atoms with E-state index in [1.807, 2.05) is 60.7 Å². The van der Waals surface area contributed by atoms with Crippen molar-refractivity contribution >= 4 is 17.5 Å². The normalized spacial score (nSPS) is 12.9. The summed E-state index contributed by atoms with van der Waals surface area (Å²) in [7, 11) is 0. The number of nitrogens with zero attached hydrogens (tertiary/aromatic N) is 1. The fourth-order valence-electron chi connectivity index (χ4n) is 4.05. The molecular formula is C27H24N2O4. The van der Waals surface area contributed by atoms with Gasteiger partial charge in [0.15, 0.2) is 5.76 Å². The summed E-state index contributed by atoms with van der Waals surface area (Å²) in [6, 6.07) is 23.0. The van der Waals surface area contributed by atoms with Crippen molar-refractivity contribution in [1.29, 1.82) is 0 Å². The minimum Gasteiger partial charge on any atom is -0.461 e. The summed E-state index contributed by atoms with van der Waals surface area (Å²) in [6.07, 6.45) is 3.32. The van der Waals surface area contributed by atoms with Gasteiger partial charge in [-0.3, -0.25) is 9.59 Å². The number of benzene rings is 2. The van der Waals surface area contributed by atoms with Gasteiger partial charge in [-0.25, -0.2) is 0 Å². The van der Waals surface area contributed by atoms with Crippen LogP contribution in [0, 0.1) is 0 Å². The van der Waals surface area contributed by atoms with E-state index in [0.29, 0.717) is 38.1 Å². The maximum atomic E-state index is 12.6. The fourth-order valence-corrected chi connectivity index (χ4v) is 4.05. The van der Waals surface area contributed by atoms with Gasteiger partial charge in [-0.05, 0) is 54.4 Å². The molecule has 2 amide bonds. The van der Waals surface area contributed by atoms with Crippen LogP contribution in [0.1, 0.15) is 33.9 Å². The molecule has 6 nitrogen and oxygen atoms in total. The SMILES string of the molecule is O=C(CCc1ccccc1)Nc1ccc(-c2cc3c(o2)CCN(C(=O)c2ccco2)C3)cc1. The van der Waals surface area contributed by atoms with Gasteiger partial charge in [-0.1, -0.05) is 30.3 Å². The second-order valence-electron chi connectivity index (χ2n) is 8.12. The molecule has 0 saturated carbocycles. The van der Waals surface area contributed by atoms with E-state index in [1.165, 1.54) is 6.26 Å². The van der Waals surface area contributed by atoms with Gasteiger partial charge in [-0.2, -0.15) is 0 Å². The molecule has 166 valence electrons. The van der Waals surface area contributed by atoms with Gasteiger partial charge >= 0.3 is 0 Å². The maximum Gasteiger partial charge on any atom is 0.289 e. The van der Waals surface area contributed by atoms with Crippen LogP contribution in [0.4, 0.5) is 5.69 Å². The molecule has 0 bridgehead atoms.